The molecule has 1 aromatic carbocycles. The van der Waals surface area contributed by atoms with Crippen molar-refractivity contribution in [3.05, 3.63) is 57.4 Å². The van der Waals surface area contributed by atoms with Gasteiger partial charge in [0.2, 0.25) is 5.16 Å². The van der Waals surface area contributed by atoms with Crippen molar-refractivity contribution in [3.63, 3.8) is 0 Å². The lowest BCUT2D eigenvalue weighted by molar-refractivity contribution is 0.416. The van der Waals surface area contributed by atoms with Gasteiger partial charge in [0, 0.05) is 23.2 Å². The molecular weight excluding hydrogens is 429 g/mol. The van der Waals surface area contributed by atoms with E-state index in [1.807, 2.05) is 6.20 Å². The summed E-state index contributed by atoms with van der Waals surface area (Å²) in [6, 6.07) is 7.00. The third kappa shape index (κ3) is 3.87. The molecule has 0 aliphatic heterocycles. The first-order valence-electron chi connectivity index (χ1n) is 7.75. The van der Waals surface area contributed by atoms with E-state index in [-0.39, 0.29) is 0 Å². The Hall–Kier alpha value is -1.93. The van der Waals surface area contributed by atoms with Crippen LogP contribution in [-0.4, -0.2) is 31.7 Å². The molecule has 4 rings (SSSR count). The van der Waals surface area contributed by atoms with Gasteiger partial charge in [0.25, 0.3) is 0 Å². The summed E-state index contributed by atoms with van der Waals surface area (Å²) in [4.78, 5) is 9.03. The average molecular weight is 441 g/mol. The van der Waals surface area contributed by atoms with Crippen molar-refractivity contribution in [2.75, 3.05) is 7.11 Å². The van der Waals surface area contributed by atoms with Crippen LogP contribution in [0.15, 0.2) is 41.8 Å². The van der Waals surface area contributed by atoms with Crippen molar-refractivity contribution in [2.45, 2.75) is 10.9 Å². The van der Waals surface area contributed by atoms with Gasteiger partial charge in [-0.2, -0.15) is 0 Å². The number of thioether (sulfide) groups is 1. The molecule has 0 aliphatic carbocycles. The van der Waals surface area contributed by atoms with Crippen LogP contribution in [0, 0.1) is 0 Å². The standard InChI is InChI=1S/C17H12Cl3N5OS/c1-26-14-3-2-9(18)4-12(14)15-22-17(24-23-15)27-8-11-7-25-6-10(19)5-13(20)16(25)21-11/h2-7H,8H2,1H3,(H,22,23,24). The molecule has 6 nitrogen and oxygen atoms in total. The number of benzene rings is 1. The van der Waals surface area contributed by atoms with Crippen LogP contribution in [0.3, 0.4) is 0 Å². The van der Waals surface area contributed by atoms with Gasteiger partial charge < -0.3 is 9.14 Å². The lowest BCUT2D eigenvalue weighted by Gasteiger charge is -2.05. The number of hydrogen-bond donors (Lipinski definition) is 1. The van der Waals surface area contributed by atoms with Gasteiger partial charge in [0.05, 0.1) is 28.4 Å². The van der Waals surface area contributed by atoms with Crippen LogP contribution in [0.4, 0.5) is 0 Å². The Morgan fingerprint density at radius 1 is 1.11 bits per heavy atom. The Bertz CT molecular complexity index is 1130. The Morgan fingerprint density at radius 3 is 2.78 bits per heavy atom. The van der Waals surface area contributed by atoms with Crippen molar-refractivity contribution in [1.82, 2.24) is 24.6 Å². The number of aromatic nitrogens is 5. The summed E-state index contributed by atoms with van der Waals surface area (Å²) in [5.41, 5.74) is 2.25. The summed E-state index contributed by atoms with van der Waals surface area (Å²) in [6.07, 6.45) is 3.65. The van der Waals surface area contributed by atoms with Crippen LogP contribution in [0.1, 0.15) is 5.69 Å². The van der Waals surface area contributed by atoms with E-state index in [4.69, 9.17) is 39.5 Å². The number of nitrogens with one attached hydrogen (secondary N) is 1. The molecule has 0 saturated heterocycles. The first-order chi connectivity index (χ1) is 13.0. The number of halogens is 3. The summed E-state index contributed by atoms with van der Waals surface area (Å²) in [5.74, 6) is 1.83. The summed E-state index contributed by atoms with van der Waals surface area (Å²) in [6.45, 7) is 0. The van der Waals surface area contributed by atoms with E-state index in [0.29, 0.717) is 43.2 Å². The summed E-state index contributed by atoms with van der Waals surface area (Å²) in [5, 5.41) is 9.41. The van der Waals surface area contributed by atoms with Crippen LogP contribution in [0.25, 0.3) is 17.0 Å². The van der Waals surface area contributed by atoms with E-state index in [2.05, 4.69) is 20.2 Å². The Labute approximate surface area is 173 Å². The third-order valence-electron chi connectivity index (χ3n) is 3.75. The number of nitrogens with zero attached hydrogens (tertiary/aromatic N) is 4. The minimum absolute atomic E-state index is 0.506. The fourth-order valence-corrected chi connectivity index (χ4v) is 3.96. The Balaban J connectivity index is 1.54. The minimum atomic E-state index is 0.506. The zero-order valence-corrected chi connectivity index (χ0v) is 17.0. The molecule has 3 heterocycles. The van der Waals surface area contributed by atoms with Gasteiger partial charge in [-0.1, -0.05) is 46.6 Å². The second kappa shape index (κ2) is 7.59. The van der Waals surface area contributed by atoms with Crippen LogP contribution in [0.2, 0.25) is 15.1 Å². The fourth-order valence-electron chi connectivity index (χ4n) is 2.58. The fraction of sp³-hybridized carbons (Fsp3) is 0.118. The van der Waals surface area contributed by atoms with Gasteiger partial charge in [0.15, 0.2) is 11.5 Å². The summed E-state index contributed by atoms with van der Waals surface area (Å²) < 4.78 is 7.16. The molecule has 0 spiro atoms. The molecule has 0 atom stereocenters. The van der Waals surface area contributed by atoms with Crippen LogP contribution < -0.4 is 4.74 Å². The highest BCUT2D eigenvalue weighted by atomic mass is 35.5. The maximum Gasteiger partial charge on any atom is 0.209 e. The third-order valence-corrected chi connectivity index (χ3v) is 5.35. The van der Waals surface area contributed by atoms with Gasteiger partial charge >= 0.3 is 0 Å². The molecule has 1 N–H and O–H groups in total. The molecule has 0 radical (unpaired) electrons. The molecule has 0 amide bonds. The van der Waals surface area contributed by atoms with Gasteiger partial charge in [-0.3, -0.25) is 5.10 Å². The summed E-state index contributed by atoms with van der Waals surface area (Å²) in [7, 11) is 1.60. The zero-order valence-electron chi connectivity index (χ0n) is 13.9. The molecule has 27 heavy (non-hydrogen) atoms. The smallest absolute Gasteiger partial charge is 0.209 e. The first kappa shape index (κ1) is 18.4. The van der Waals surface area contributed by atoms with E-state index in [0.717, 1.165) is 11.3 Å². The number of methoxy groups -OCH3 is 1. The molecule has 0 bridgehead atoms. The molecule has 0 fully saturated rings. The molecule has 0 unspecified atom stereocenters. The number of ether oxygens (including phenoxy) is 1. The molecule has 138 valence electrons. The molecule has 0 saturated carbocycles. The highest BCUT2D eigenvalue weighted by molar-refractivity contribution is 7.98. The second-order valence-corrected chi connectivity index (χ2v) is 7.79. The highest BCUT2D eigenvalue weighted by Crippen LogP contribution is 2.31. The molecule has 4 aromatic rings. The Morgan fingerprint density at radius 2 is 1.96 bits per heavy atom. The van der Waals surface area contributed by atoms with E-state index < -0.39 is 0 Å². The largest absolute Gasteiger partial charge is 0.496 e. The average Bonchev–Trinajstić information content (AvgIpc) is 3.26. The summed E-state index contributed by atoms with van der Waals surface area (Å²) >= 11 is 19.7. The monoisotopic (exact) mass is 439 g/mol. The molecule has 3 aromatic heterocycles. The van der Waals surface area contributed by atoms with Crippen molar-refractivity contribution in [2.24, 2.45) is 0 Å². The van der Waals surface area contributed by atoms with Crippen molar-refractivity contribution in [1.29, 1.82) is 0 Å². The lowest BCUT2D eigenvalue weighted by atomic mass is 10.2. The van der Waals surface area contributed by atoms with E-state index in [9.17, 15) is 0 Å². The predicted octanol–water partition coefficient (Wildman–Crippen LogP) is 5.38. The molecule has 0 aliphatic rings. The maximum absolute atomic E-state index is 6.18. The van der Waals surface area contributed by atoms with Crippen molar-refractivity contribution < 1.29 is 4.74 Å². The first-order valence-corrected chi connectivity index (χ1v) is 9.87. The number of aromatic amines is 1. The SMILES string of the molecule is COc1ccc(Cl)cc1-c1nc(SCc2cn3cc(Cl)cc(Cl)c3n2)n[nH]1. The number of H-pyrrole nitrogens is 1. The van der Waals surface area contributed by atoms with Crippen LogP contribution >= 0.6 is 46.6 Å². The van der Waals surface area contributed by atoms with E-state index in [1.54, 1.807) is 42.0 Å². The quantitative estimate of drug-likeness (QED) is 0.422. The molecular formula is C17H12Cl3N5OS. The topological polar surface area (TPSA) is 68.1 Å². The predicted molar refractivity (Wildman–Crippen MR) is 108 cm³/mol. The van der Waals surface area contributed by atoms with E-state index >= 15 is 0 Å². The van der Waals surface area contributed by atoms with E-state index in [1.165, 1.54) is 11.8 Å². The van der Waals surface area contributed by atoms with Gasteiger partial charge in [-0.15, -0.1) is 5.10 Å². The second-order valence-electron chi connectivity index (χ2n) is 5.57. The van der Waals surface area contributed by atoms with Gasteiger partial charge in [0.1, 0.15) is 5.75 Å². The number of rotatable bonds is 5. The van der Waals surface area contributed by atoms with Gasteiger partial charge in [-0.25, -0.2) is 9.97 Å². The minimum Gasteiger partial charge on any atom is -0.496 e. The zero-order chi connectivity index (χ0) is 19.0. The van der Waals surface area contributed by atoms with Crippen molar-refractivity contribution >= 4 is 52.2 Å². The molecule has 10 heteroatoms. The highest BCUT2D eigenvalue weighted by Gasteiger charge is 2.13. The van der Waals surface area contributed by atoms with Gasteiger partial charge in [-0.05, 0) is 24.3 Å². The number of hydrogen-bond acceptors (Lipinski definition) is 5. The number of pyridine rings is 1. The number of imidazole rings is 1. The lowest BCUT2D eigenvalue weighted by Crippen LogP contribution is -1.89. The van der Waals surface area contributed by atoms with Crippen LogP contribution in [0.5, 0.6) is 5.75 Å². The van der Waals surface area contributed by atoms with Crippen LogP contribution in [-0.2, 0) is 5.75 Å². The number of fused-ring (bicyclic) bond motifs is 1. The Kier molecular flexibility index (Phi) is 5.19. The maximum atomic E-state index is 6.18. The normalized spacial score (nSPS) is 11.3. The van der Waals surface area contributed by atoms with Crippen molar-refractivity contribution in [3.8, 4) is 17.1 Å².